The molecule has 0 saturated heterocycles. The van der Waals surface area contributed by atoms with Gasteiger partial charge in [0.15, 0.2) is 0 Å². The van der Waals surface area contributed by atoms with Crippen LogP contribution in [0.25, 0.3) is 0 Å². The molecular weight excluding hydrogens is 330 g/mol. The number of ether oxygens (including phenoxy) is 1. The van der Waals surface area contributed by atoms with Crippen molar-refractivity contribution in [3.63, 3.8) is 0 Å². The SMILES string of the molecule is CCCC[C@H]1CC[C@H](c2ccc(C#Cc3ccc(OCC)cn3)cc2)CC1. The molecule has 1 aromatic carbocycles. The zero-order chi connectivity index (χ0) is 18.9. The highest BCUT2D eigenvalue weighted by Crippen LogP contribution is 2.37. The molecule has 2 heteroatoms. The number of unbranched alkanes of at least 4 members (excludes halogenated alkanes) is 1. The van der Waals surface area contributed by atoms with Crippen molar-refractivity contribution in [2.45, 2.75) is 64.7 Å². The average molecular weight is 362 g/mol. The van der Waals surface area contributed by atoms with Crippen molar-refractivity contribution in [2.75, 3.05) is 6.61 Å². The maximum Gasteiger partial charge on any atom is 0.137 e. The van der Waals surface area contributed by atoms with Gasteiger partial charge in [-0.05, 0) is 80.2 Å². The molecule has 2 nitrogen and oxygen atoms in total. The zero-order valence-electron chi connectivity index (χ0n) is 16.7. The van der Waals surface area contributed by atoms with Crippen LogP contribution in [0.4, 0.5) is 0 Å². The lowest BCUT2D eigenvalue weighted by atomic mass is 9.77. The lowest BCUT2D eigenvalue weighted by Gasteiger charge is -2.28. The molecule has 1 aliphatic carbocycles. The second-order valence-electron chi connectivity index (χ2n) is 7.54. The Morgan fingerprint density at radius 1 is 0.963 bits per heavy atom. The molecule has 1 heterocycles. The molecule has 0 radical (unpaired) electrons. The number of hydrogen-bond acceptors (Lipinski definition) is 2. The first-order valence-electron chi connectivity index (χ1n) is 10.5. The van der Waals surface area contributed by atoms with Crippen molar-refractivity contribution in [2.24, 2.45) is 5.92 Å². The minimum Gasteiger partial charge on any atom is -0.492 e. The van der Waals surface area contributed by atoms with E-state index in [2.05, 4.69) is 48.0 Å². The number of hydrogen-bond donors (Lipinski definition) is 0. The fraction of sp³-hybridized carbons (Fsp3) is 0.480. The summed E-state index contributed by atoms with van der Waals surface area (Å²) < 4.78 is 5.41. The van der Waals surface area contributed by atoms with Gasteiger partial charge in [0.2, 0.25) is 0 Å². The quantitative estimate of drug-likeness (QED) is 0.560. The van der Waals surface area contributed by atoms with Gasteiger partial charge in [0.25, 0.3) is 0 Å². The molecule has 0 amide bonds. The van der Waals surface area contributed by atoms with Crippen molar-refractivity contribution in [3.05, 3.63) is 59.4 Å². The van der Waals surface area contributed by atoms with Gasteiger partial charge in [0.1, 0.15) is 11.4 Å². The van der Waals surface area contributed by atoms with Crippen molar-refractivity contribution in [1.82, 2.24) is 4.98 Å². The molecule has 3 rings (SSSR count). The molecule has 142 valence electrons. The number of benzene rings is 1. The molecule has 0 atom stereocenters. The normalized spacial score (nSPS) is 19.2. The molecule has 1 saturated carbocycles. The topological polar surface area (TPSA) is 22.1 Å². The standard InChI is InChI=1S/C25H31NO/c1-3-5-6-20-7-12-22(13-8-20)23-14-9-21(10-15-23)11-16-24-17-18-25(19-26-24)27-4-2/h9-10,14-15,17-20,22H,3-8,12-13H2,1-2H3/t20-,22-. The average Bonchev–Trinajstić information content (AvgIpc) is 2.73. The Hall–Kier alpha value is -2.27. The Morgan fingerprint density at radius 2 is 1.74 bits per heavy atom. The van der Waals surface area contributed by atoms with Gasteiger partial charge in [0, 0.05) is 5.56 Å². The molecule has 0 unspecified atom stereocenters. The summed E-state index contributed by atoms with van der Waals surface area (Å²) >= 11 is 0. The summed E-state index contributed by atoms with van der Waals surface area (Å²) in [4.78, 5) is 4.33. The summed E-state index contributed by atoms with van der Waals surface area (Å²) in [5.41, 5.74) is 3.30. The number of nitrogens with zero attached hydrogens (tertiary/aromatic N) is 1. The summed E-state index contributed by atoms with van der Waals surface area (Å²) in [6.45, 7) is 4.91. The summed E-state index contributed by atoms with van der Waals surface area (Å²) in [5.74, 6) is 8.85. The maximum absolute atomic E-state index is 5.41. The third kappa shape index (κ3) is 5.86. The summed E-state index contributed by atoms with van der Waals surface area (Å²) in [5, 5.41) is 0. The monoisotopic (exact) mass is 361 g/mol. The van der Waals surface area contributed by atoms with Crippen molar-refractivity contribution in [1.29, 1.82) is 0 Å². The Kier molecular flexibility index (Phi) is 7.34. The predicted octanol–water partition coefficient (Wildman–Crippen LogP) is 6.34. The molecule has 0 bridgehead atoms. The van der Waals surface area contributed by atoms with Crippen LogP contribution in [-0.4, -0.2) is 11.6 Å². The highest BCUT2D eigenvalue weighted by atomic mass is 16.5. The Balaban J connectivity index is 1.55. The van der Waals surface area contributed by atoms with E-state index in [1.54, 1.807) is 6.20 Å². The van der Waals surface area contributed by atoms with Crippen LogP contribution in [0.15, 0.2) is 42.6 Å². The van der Waals surface area contributed by atoms with Gasteiger partial charge in [-0.3, -0.25) is 0 Å². The van der Waals surface area contributed by atoms with Gasteiger partial charge < -0.3 is 4.74 Å². The lowest BCUT2D eigenvalue weighted by molar-refractivity contribution is 0.304. The van der Waals surface area contributed by atoms with Crippen molar-refractivity contribution in [3.8, 4) is 17.6 Å². The van der Waals surface area contributed by atoms with Gasteiger partial charge in [-0.1, -0.05) is 44.2 Å². The van der Waals surface area contributed by atoms with Crippen LogP contribution in [0.3, 0.4) is 0 Å². The highest BCUT2D eigenvalue weighted by molar-refractivity contribution is 5.42. The molecular formula is C25H31NO. The van der Waals surface area contributed by atoms with E-state index < -0.39 is 0 Å². The predicted molar refractivity (Wildman–Crippen MR) is 112 cm³/mol. The lowest BCUT2D eigenvalue weighted by Crippen LogP contribution is -2.13. The van der Waals surface area contributed by atoms with Crippen LogP contribution < -0.4 is 4.74 Å². The molecule has 1 aliphatic rings. The van der Waals surface area contributed by atoms with E-state index in [1.165, 1.54) is 50.5 Å². The highest BCUT2D eigenvalue weighted by Gasteiger charge is 2.21. The maximum atomic E-state index is 5.41. The Labute approximate surface area is 164 Å². The van der Waals surface area contributed by atoms with Crippen molar-refractivity contribution >= 4 is 0 Å². The van der Waals surface area contributed by atoms with E-state index >= 15 is 0 Å². The Morgan fingerprint density at radius 3 is 2.37 bits per heavy atom. The largest absolute Gasteiger partial charge is 0.492 e. The van der Waals surface area contributed by atoms with E-state index in [1.807, 2.05) is 19.1 Å². The molecule has 1 aromatic heterocycles. The van der Waals surface area contributed by atoms with Gasteiger partial charge in [-0.15, -0.1) is 0 Å². The van der Waals surface area contributed by atoms with Gasteiger partial charge in [0.05, 0.1) is 12.8 Å². The second kappa shape index (κ2) is 10.2. The van der Waals surface area contributed by atoms with E-state index in [0.717, 1.165) is 28.8 Å². The second-order valence-corrected chi connectivity index (χ2v) is 7.54. The zero-order valence-corrected chi connectivity index (χ0v) is 16.7. The fourth-order valence-corrected chi connectivity index (χ4v) is 3.96. The molecule has 0 aliphatic heterocycles. The number of aromatic nitrogens is 1. The van der Waals surface area contributed by atoms with E-state index in [0.29, 0.717) is 6.61 Å². The first kappa shape index (κ1) is 19.5. The molecule has 0 N–H and O–H groups in total. The fourth-order valence-electron chi connectivity index (χ4n) is 3.96. The first-order chi connectivity index (χ1) is 13.3. The Bertz CT molecular complexity index is 744. The summed E-state index contributed by atoms with van der Waals surface area (Å²) in [6.07, 6.45) is 11.4. The van der Waals surface area contributed by atoms with Gasteiger partial charge >= 0.3 is 0 Å². The van der Waals surface area contributed by atoms with E-state index in [-0.39, 0.29) is 0 Å². The summed E-state index contributed by atoms with van der Waals surface area (Å²) in [6, 6.07) is 12.7. The number of pyridine rings is 1. The minimum atomic E-state index is 0.652. The molecule has 0 spiro atoms. The molecule has 2 aromatic rings. The van der Waals surface area contributed by atoms with Crippen LogP contribution in [0.5, 0.6) is 5.75 Å². The third-order valence-corrected chi connectivity index (χ3v) is 5.58. The van der Waals surface area contributed by atoms with E-state index in [4.69, 9.17) is 4.74 Å². The first-order valence-corrected chi connectivity index (χ1v) is 10.5. The van der Waals surface area contributed by atoms with Crippen LogP contribution in [0.1, 0.15) is 81.5 Å². The third-order valence-electron chi connectivity index (χ3n) is 5.58. The molecule has 27 heavy (non-hydrogen) atoms. The molecule has 1 fully saturated rings. The van der Waals surface area contributed by atoms with Crippen LogP contribution >= 0.6 is 0 Å². The summed E-state index contributed by atoms with van der Waals surface area (Å²) in [7, 11) is 0. The van der Waals surface area contributed by atoms with Gasteiger partial charge in [-0.25, -0.2) is 4.98 Å². The van der Waals surface area contributed by atoms with Crippen LogP contribution in [-0.2, 0) is 0 Å². The van der Waals surface area contributed by atoms with Crippen LogP contribution in [0, 0.1) is 17.8 Å². The minimum absolute atomic E-state index is 0.652. The smallest absolute Gasteiger partial charge is 0.137 e. The van der Waals surface area contributed by atoms with E-state index in [9.17, 15) is 0 Å². The van der Waals surface area contributed by atoms with Gasteiger partial charge in [-0.2, -0.15) is 0 Å². The van der Waals surface area contributed by atoms with Crippen molar-refractivity contribution < 1.29 is 4.74 Å². The number of rotatable bonds is 6. The van der Waals surface area contributed by atoms with Crippen LogP contribution in [0.2, 0.25) is 0 Å².